The Hall–Kier alpha value is -0.760. The normalized spacial score (nSPS) is 9.17. The molecular formula is C4H6N2O4S2-2. The molecule has 0 N–H and O–H groups in total. The molecule has 0 aliphatic rings. The number of rotatable bonds is 3. The van der Waals surface area contributed by atoms with Crippen LogP contribution in [0.5, 0.6) is 0 Å². The Labute approximate surface area is 77.2 Å². The number of carbonyl (C=O) groups is 2. The zero-order valence-electron chi connectivity index (χ0n) is 6.34. The minimum absolute atomic E-state index is 0.714. The molecule has 0 aliphatic carbocycles. The second-order valence-electron chi connectivity index (χ2n) is 1.68. The summed E-state index contributed by atoms with van der Waals surface area (Å²) < 4.78 is 1.54. The van der Waals surface area contributed by atoms with Crippen LogP contribution in [0.25, 0.3) is 0 Å². The Kier molecular flexibility index (Phi) is 4.67. The summed E-state index contributed by atoms with van der Waals surface area (Å²) in [4.78, 5) is 20.2. The monoisotopic (exact) mass is 210 g/mol. The molecule has 0 aromatic heterocycles. The van der Waals surface area contributed by atoms with E-state index >= 15 is 0 Å². The number of hydrogen-bond donors (Lipinski definition) is 0. The van der Waals surface area contributed by atoms with Crippen LogP contribution >= 0.6 is 22.0 Å². The van der Waals surface area contributed by atoms with E-state index in [1.807, 2.05) is 0 Å². The summed E-state index contributed by atoms with van der Waals surface area (Å²) in [6.07, 6.45) is -2.78. The first-order chi connectivity index (χ1) is 5.45. The predicted molar refractivity (Wildman–Crippen MR) is 41.5 cm³/mol. The van der Waals surface area contributed by atoms with Gasteiger partial charge < -0.3 is 19.8 Å². The molecule has 0 unspecified atom stereocenters. The first-order valence-corrected chi connectivity index (χ1v) is 4.75. The largest absolute Gasteiger partial charge is 0.529 e. The number of carboxylic acid groups (broad SMARTS) is 2. The van der Waals surface area contributed by atoms with Crippen molar-refractivity contribution < 1.29 is 19.8 Å². The van der Waals surface area contributed by atoms with E-state index in [9.17, 15) is 19.8 Å². The molecule has 2 amide bonds. The molecule has 8 heteroatoms. The Bertz CT molecular complexity index is 168. The smallest absolute Gasteiger partial charge is 0.147 e. The highest BCUT2D eigenvalue weighted by atomic mass is 33.1. The first-order valence-electron chi connectivity index (χ1n) is 2.69. The van der Waals surface area contributed by atoms with Gasteiger partial charge in [0.15, 0.2) is 0 Å². The molecule has 0 aliphatic heterocycles. The lowest BCUT2D eigenvalue weighted by Crippen LogP contribution is -2.36. The van der Waals surface area contributed by atoms with E-state index < -0.39 is 12.2 Å². The van der Waals surface area contributed by atoms with Gasteiger partial charge in [-0.25, -0.2) is 0 Å². The van der Waals surface area contributed by atoms with Crippen molar-refractivity contribution in [1.82, 2.24) is 8.61 Å². The third kappa shape index (κ3) is 4.19. The maximum atomic E-state index is 10.1. The Morgan fingerprint density at radius 3 is 1.42 bits per heavy atom. The summed E-state index contributed by atoms with van der Waals surface area (Å²) in [5, 5.41) is 20.2. The molecule has 0 aromatic rings. The van der Waals surface area contributed by atoms with E-state index in [4.69, 9.17) is 0 Å². The molecule has 0 bridgehead atoms. The van der Waals surface area contributed by atoms with Crippen molar-refractivity contribution in [1.29, 1.82) is 0 Å². The van der Waals surface area contributed by atoms with Crippen LogP contribution in [0.2, 0.25) is 0 Å². The summed E-state index contributed by atoms with van der Waals surface area (Å²) in [5.74, 6) is 0. The fraction of sp³-hybridized carbons (Fsp3) is 0.500. The molecule has 0 aromatic carbocycles. The molecular weight excluding hydrogens is 204 g/mol. The van der Waals surface area contributed by atoms with Crippen molar-refractivity contribution in [2.24, 2.45) is 0 Å². The molecule has 0 spiro atoms. The second kappa shape index (κ2) is 4.99. The van der Waals surface area contributed by atoms with Crippen LogP contribution in [0.4, 0.5) is 9.59 Å². The number of amides is 2. The zero-order valence-corrected chi connectivity index (χ0v) is 7.98. The van der Waals surface area contributed by atoms with Crippen LogP contribution in [-0.4, -0.2) is 34.9 Å². The summed E-state index contributed by atoms with van der Waals surface area (Å²) in [7, 11) is 3.92. The van der Waals surface area contributed by atoms with Crippen LogP contribution in [-0.2, 0) is 0 Å². The van der Waals surface area contributed by atoms with Gasteiger partial charge in [-0.1, -0.05) is 0 Å². The quantitative estimate of drug-likeness (QED) is 0.427. The summed E-state index contributed by atoms with van der Waals surface area (Å²) >= 11 is 0. The highest BCUT2D eigenvalue weighted by Gasteiger charge is 2.02. The molecule has 0 radical (unpaired) electrons. The van der Waals surface area contributed by atoms with Gasteiger partial charge in [-0.2, -0.15) is 0 Å². The highest BCUT2D eigenvalue weighted by Crippen LogP contribution is 2.26. The average molecular weight is 210 g/mol. The van der Waals surface area contributed by atoms with Gasteiger partial charge in [-0.3, -0.25) is 8.61 Å². The SMILES string of the molecule is CN(SSN(C)C(=O)[O-])C(=O)[O-]. The molecule has 6 nitrogen and oxygen atoms in total. The van der Waals surface area contributed by atoms with E-state index in [0.29, 0.717) is 22.0 Å². The fourth-order valence-corrected chi connectivity index (χ4v) is 1.45. The van der Waals surface area contributed by atoms with E-state index in [0.717, 1.165) is 8.61 Å². The molecule has 0 atom stereocenters. The lowest BCUT2D eigenvalue weighted by molar-refractivity contribution is -0.258. The third-order valence-corrected chi connectivity index (χ3v) is 3.12. The fourth-order valence-electron chi connectivity index (χ4n) is 0.161. The Balaban J connectivity index is 3.68. The summed E-state index contributed by atoms with van der Waals surface area (Å²) in [5.41, 5.74) is 0. The van der Waals surface area contributed by atoms with Crippen molar-refractivity contribution in [2.75, 3.05) is 14.1 Å². The Morgan fingerprint density at radius 2 is 1.25 bits per heavy atom. The van der Waals surface area contributed by atoms with Gasteiger partial charge in [0, 0.05) is 36.1 Å². The van der Waals surface area contributed by atoms with Crippen LogP contribution < -0.4 is 10.2 Å². The maximum absolute atomic E-state index is 10.1. The first kappa shape index (κ1) is 11.2. The Morgan fingerprint density at radius 1 is 1.00 bits per heavy atom. The lowest BCUT2D eigenvalue weighted by atomic mass is 11.1. The molecule has 70 valence electrons. The van der Waals surface area contributed by atoms with Crippen LogP contribution in [0.1, 0.15) is 0 Å². The van der Waals surface area contributed by atoms with Crippen LogP contribution in [0.3, 0.4) is 0 Å². The van der Waals surface area contributed by atoms with Gasteiger partial charge in [0.25, 0.3) is 0 Å². The molecule has 0 fully saturated rings. The lowest BCUT2D eigenvalue weighted by Gasteiger charge is -2.21. The van der Waals surface area contributed by atoms with Crippen LogP contribution in [0.15, 0.2) is 0 Å². The predicted octanol–water partition coefficient (Wildman–Crippen LogP) is -1.25. The molecule has 0 heterocycles. The van der Waals surface area contributed by atoms with Crippen LogP contribution in [0, 0.1) is 0 Å². The van der Waals surface area contributed by atoms with E-state index in [1.54, 1.807) is 0 Å². The molecule has 0 saturated carbocycles. The minimum Gasteiger partial charge on any atom is -0.529 e. The van der Waals surface area contributed by atoms with Gasteiger partial charge >= 0.3 is 0 Å². The highest BCUT2D eigenvalue weighted by molar-refractivity contribution is 8.75. The van der Waals surface area contributed by atoms with E-state index in [2.05, 4.69) is 0 Å². The molecule has 0 rings (SSSR count). The number of nitrogens with zero attached hydrogens (tertiary/aromatic N) is 2. The summed E-state index contributed by atoms with van der Waals surface area (Å²) in [6.45, 7) is 0. The van der Waals surface area contributed by atoms with Crippen molar-refractivity contribution in [3.05, 3.63) is 0 Å². The van der Waals surface area contributed by atoms with Gasteiger partial charge in [-0.15, -0.1) is 0 Å². The van der Waals surface area contributed by atoms with Gasteiger partial charge in [0.2, 0.25) is 0 Å². The van der Waals surface area contributed by atoms with E-state index in [1.165, 1.54) is 14.1 Å². The van der Waals surface area contributed by atoms with Gasteiger partial charge in [-0.05, 0) is 0 Å². The molecule has 0 saturated heterocycles. The van der Waals surface area contributed by atoms with Gasteiger partial charge in [0.1, 0.15) is 12.2 Å². The number of carbonyl (C=O) groups excluding carboxylic acids is 2. The van der Waals surface area contributed by atoms with Crippen molar-refractivity contribution in [2.45, 2.75) is 0 Å². The standard InChI is InChI=1S/C4H8N2O4S2/c1-5(3(7)8)11-12-6(2)4(9)10/h1-2H3,(H,7,8)(H,9,10)/p-2. The second-order valence-corrected chi connectivity index (χ2v) is 3.96. The van der Waals surface area contributed by atoms with Gasteiger partial charge in [0.05, 0.1) is 0 Å². The summed E-state index contributed by atoms with van der Waals surface area (Å²) in [6, 6.07) is 0. The maximum Gasteiger partial charge on any atom is 0.147 e. The van der Waals surface area contributed by atoms with E-state index in [-0.39, 0.29) is 0 Å². The van der Waals surface area contributed by atoms with Crippen molar-refractivity contribution in [3.63, 3.8) is 0 Å². The minimum atomic E-state index is -1.39. The molecule has 12 heavy (non-hydrogen) atoms. The van der Waals surface area contributed by atoms with Crippen molar-refractivity contribution >= 4 is 34.1 Å². The average Bonchev–Trinajstić information content (AvgIpc) is 1.98. The van der Waals surface area contributed by atoms with Crippen molar-refractivity contribution in [3.8, 4) is 0 Å². The number of hydrogen-bond acceptors (Lipinski definition) is 6. The third-order valence-electron chi connectivity index (χ3n) is 0.771. The topological polar surface area (TPSA) is 86.7 Å². The zero-order chi connectivity index (χ0) is 9.72.